The summed E-state index contributed by atoms with van der Waals surface area (Å²) < 4.78 is 34.5. The lowest BCUT2D eigenvalue weighted by Crippen LogP contribution is -2.37. The predicted molar refractivity (Wildman–Crippen MR) is 231 cm³/mol. The number of unbranched alkanes of at least 4 members (excludes halogenated alkanes) is 13. The van der Waals surface area contributed by atoms with Crippen molar-refractivity contribution in [3.63, 3.8) is 0 Å². The van der Waals surface area contributed by atoms with E-state index < -0.39 is 13.9 Å². The molecule has 0 saturated carbocycles. The molecule has 55 heavy (non-hydrogen) atoms. The van der Waals surface area contributed by atoms with Gasteiger partial charge >= 0.3 is 5.97 Å². The molecule has 0 aromatic carbocycles. The number of allylic oxidation sites excluding steroid dienone is 12. The van der Waals surface area contributed by atoms with Crippen molar-refractivity contribution in [1.29, 1.82) is 0 Å². The van der Waals surface area contributed by atoms with Gasteiger partial charge in [0.25, 0.3) is 7.82 Å². The molecule has 0 aliphatic carbocycles. The number of ether oxygens (including phenoxy) is 2. The Morgan fingerprint density at radius 1 is 0.582 bits per heavy atom. The van der Waals surface area contributed by atoms with Crippen LogP contribution < -0.4 is 4.89 Å². The molecule has 318 valence electrons. The molecule has 2 unspecified atom stereocenters. The maximum Gasteiger partial charge on any atom is 0.306 e. The monoisotopic (exact) mass is 792 g/mol. The Kier molecular flexibility index (Phi) is 37.3. The highest BCUT2D eigenvalue weighted by Gasteiger charge is 2.20. The molecule has 0 aliphatic rings. The van der Waals surface area contributed by atoms with E-state index in [1.54, 1.807) is 0 Å². The third-order valence-electron chi connectivity index (χ3n) is 8.74. The third kappa shape index (κ3) is 42.9. The third-order valence-corrected chi connectivity index (χ3v) is 9.71. The second-order valence-corrected chi connectivity index (χ2v) is 16.7. The lowest BCUT2D eigenvalue weighted by molar-refractivity contribution is -0.870. The van der Waals surface area contributed by atoms with Crippen LogP contribution in [0.1, 0.15) is 155 Å². The Morgan fingerprint density at radius 2 is 1.05 bits per heavy atom. The lowest BCUT2D eigenvalue weighted by atomic mass is 10.1. The van der Waals surface area contributed by atoms with Crippen molar-refractivity contribution in [3.05, 3.63) is 72.9 Å². The van der Waals surface area contributed by atoms with E-state index in [2.05, 4.69) is 86.8 Å². The van der Waals surface area contributed by atoms with E-state index in [4.69, 9.17) is 18.5 Å². The number of nitrogens with zero attached hydrogens (tertiary/aromatic N) is 1. The first kappa shape index (κ1) is 52.9. The molecule has 0 aromatic rings. The predicted octanol–water partition coefficient (Wildman–Crippen LogP) is 12.1. The van der Waals surface area contributed by atoms with Gasteiger partial charge in [0.2, 0.25) is 0 Å². The zero-order valence-corrected chi connectivity index (χ0v) is 36.7. The van der Waals surface area contributed by atoms with Crippen molar-refractivity contribution in [2.75, 3.05) is 54.1 Å². The van der Waals surface area contributed by atoms with E-state index in [9.17, 15) is 14.3 Å². The average molecular weight is 792 g/mol. The first-order valence-electron chi connectivity index (χ1n) is 21.7. The van der Waals surface area contributed by atoms with E-state index >= 15 is 0 Å². The highest BCUT2D eigenvalue weighted by molar-refractivity contribution is 7.45. The number of phosphoric ester groups is 1. The molecule has 0 N–H and O–H groups in total. The van der Waals surface area contributed by atoms with Crippen LogP contribution in [0.3, 0.4) is 0 Å². The number of carbonyl (C=O) groups excluding carboxylic acids is 1. The first-order chi connectivity index (χ1) is 26.6. The standard InChI is InChI=1S/C46H82NO7P/c1-6-8-10-12-14-16-18-20-22-23-24-26-28-30-32-34-36-38-41-51-43-45(44-53-55(49,50)52-42-40-47(3,4)5)54-46(48)39-37-35-33-31-29-27-25-21-19-17-15-13-11-9-7-2/h8,10,14-17,20-22,24-26,45H,6-7,9,11-13,18-19,23,27-44H2,1-5H3/b10-8-,16-14-,17-15-,22-20-,25-21-,26-24-. The van der Waals surface area contributed by atoms with Gasteiger partial charge in [-0.05, 0) is 83.5 Å². The number of likely N-dealkylation sites (N-methyl/N-ethyl adjacent to an activating group) is 1. The molecule has 0 aliphatic heterocycles. The molecule has 8 nitrogen and oxygen atoms in total. The minimum atomic E-state index is -4.54. The summed E-state index contributed by atoms with van der Waals surface area (Å²) in [5, 5.41) is 0. The van der Waals surface area contributed by atoms with Crippen LogP contribution in [0, 0.1) is 0 Å². The second kappa shape index (κ2) is 38.8. The number of carbonyl (C=O) groups is 1. The van der Waals surface area contributed by atoms with Crippen LogP contribution in [0.5, 0.6) is 0 Å². The fraction of sp³-hybridized carbons (Fsp3) is 0.717. The lowest BCUT2D eigenvalue weighted by Gasteiger charge is -2.28. The quantitative estimate of drug-likeness (QED) is 0.0201. The fourth-order valence-corrected chi connectivity index (χ4v) is 6.12. The molecule has 0 amide bonds. The van der Waals surface area contributed by atoms with E-state index in [1.807, 2.05) is 21.1 Å². The topological polar surface area (TPSA) is 94.1 Å². The van der Waals surface area contributed by atoms with Gasteiger partial charge in [-0.25, -0.2) is 0 Å². The number of phosphoric acid groups is 1. The summed E-state index contributed by atoms with van der Waals surface area (Å²) in [6, 6.07) is 0. The molecule has 0 saturated heterocycles. The molecule has 0 bridgehead atoms. The van der Waals surface area contributed by atoms with Crippen LogP contribution in [0.4, 0.5) is 0 Å². The average Bonchev–Trinajstić information content (AvgIpc) is 3.13. The minimum Gasteiger partial charge on any atom is -0.756 e. The van der Waals surface area contributed by atoms with Gasteiger partial charge in [-0.3, -0.25) is 9.36 Å². The van der Waals surface area contributed by atoms with Gasteiger partial charge in [-0.1, -0.05) is 138 Å². The van der Waals surface area contributed by atoms with Crippen molar-refractivity contribution >= 4 is 13.8 Å². The Morgan fingerprint density at radius 3 is 1.58 bits per heavy atom. The van der Waals surface area contributed by atoms with Gasteiger partial charge in [0.1, 0.15) is 19.3 Å². The maximum absolute atomic E-state index is 12.7. The molecule has 0 fully saturated rings. The van der Waals surface area contributed by atoms with Gasteiger partial charge in [0, 0.05) is 13.0 Å². The van der Waals surface area contributed by atoms with Crippen molar-refractivity contribution in [3.8, 4) is 0 Å². The van der Waals surface area contributed by atoms with Gasteiger partial charge in [-0.15, -0.1) is 0 Å². The first-order valence-corrected chi connectivity index (χ1v) is 23.1. The van der Waals surface area contributed by atoms with Crippen LogP contribution in [0.15, 0.2) is 72.9 Å². The minimum absolute atomic E-state index is 0.0154. The van der Waals surface area contributed by atoms with E-state index in [0.29, 0.717) is 17.6 Å². The van der Waals surface area contributed by atoms with Crippen LogP contribution in [0.2, 0.25) is 0 Å². The normalized spacial score (nSPS) is 14.5. The Bertz CT molecular complexity index is 1110. The Hall–Kier alpha value is -2.06. The van der Waals surface area contributed by atoms with Gasteiger partial charge in [0.05, 0.1) is 34.4 Å². The molecule has 0 spiro atoms. The molecule has 9 heteroatoms. The van der Waals surface area contributed by atoms with E-state index in [1.165, 1.54) is 38.5 Å². The largest absolute Gasteiger partial charge is 0.756 e. The molecule has 0 rings (SSSR count). The summed E-state index contributed by atoms with van der Waals surface area (Å²) >= 11 is 0. The van der Waals surface area contributed by atoms with Gasteiger partial charge in [0.15, 0.2) is 0 Å². The molecule has 0 radical (unpaired) electrons. The number of quaternary nitrogens is 1. The van der Waals surface area contributed by atoms with Crippen LogP contribution in [-0.2, 0) is 27.9 Å². The number of hydrogen-bond acceptors (Lipinski definition) is 7. The SMILES string of the molecule is CC/C=C\C/C=C\C/C=C\C/C=C\CCCCCCCOCC(COP(=O)([O-])OCC[N+](C)(C)C)OC(=O)CCCCCCC/C=C\C/C=C\CCCCC. The zero-order chi connectivity index (χ0) is 40.6. The summed E-state index contributed by atoms with van der Waals surface area (Å²) in [6.07, 6.45) is 49.1. The Balaban J connectivity index is 4.32. The van der Waals surface area contributed by atoms with Crippen molar-refractivity contribution in [2.45, 2.75) is 161 Å². The molecular formula is C46H82NO7P. The van der Waals surface area contributed by atoms with Gasteiger partial charge < -0.3 is 27.9 Å². The Labute approximate surface area is 338 Å². The summed E-state index contributed by atoms with van der Waals surface area (Å²) in [6.45, 7) is 5.18. The highest BCUT2D eigenvalue weighted by atomic mass is 31.2. The summed E-state index contributed by atoms with van der Waals surface area (Å²) in [4.78, 5) is 25.0. The van der Waals surface area contributed by atoms with E-state index in [0.717, 1.165) is 96.3 Å². The fourth-order valence-electron chi connectivity index (χ4n) is 5.39. The number of rotatable bonds is 39. The summed E-state index contributed by atoms with van der Waals surface area (Å²) in [7, 11) is 1.32. The second-order valence-electron chi connectivity index (χ2n) is 15.3. The zero-order valence-electron chi connectivity index (χ0n) is 35.8. The van der Waals surface area contributed by atoms with Crippen LogP contribution in [0.25, 0.3) is 0 Å². The van der Waals surface area contributed by atoms with Crippen molar-refractivity contribution in [2.24, 2.45) is 0 Å². The van der Waals surface area contributed by atoms with Crippen molar-refractivity contribution < 1.29 is 37.3 Å². The van der Waals surface area contributed by atoms with Crippen molar-refractivity contribution in [1.82, 2.24) is 0 Å². The molecule has 0 aromatic heterocycles. The van der Waals surface area contributed by atoms with E-state index in [-0.39, 0.29) is 32.2 Å². The maximum atomic E-state index is 12.7. The van der Waals surface area contributed by atoms with Crippen LogP contribution in [-0.4, -0.2) is 70.7 Å². The summed E-state index contributed by atoms with van der Waals surface area (Å²) in [5.41, 5.74) is 0. The van der Waals surface area contributed by atoms with Gasteiger partial charge in [-0.2, -0.15) is 0 Å². The smallest absolute Gasteiger partial charge is 0.306 e. The van der Waals surface area contributed by atoms with Crippen LogP contribution >= 0.6 is 7.82 Å². The number of hydrogen-bond donors (Lipinski definition) is 0. The molecule has 0 heterocycles. The molecule has 2 atom stereocenters. The molecular weight excluding hydrogens is 709 g/mol. The summed E-state index contributed by atoms with van der Waals surface area (Å²) in [5.74, 6) is -0.358. The number of esters is 1. The highest BCUT2D eigenvalue weighted by Crippen LogP contribution is 2.38.